The van der Waals surface area contributed by atoms with Gasteiger partial charge in [-0.1, -0.05) is 76.5 Å². The van der Waals surface area contributed by atoms with Crippen LogP contribution in [-0.4, -0.2) is 42.4 Å². The van der Waals surface area contributed by atoms with E-state index in [1.165, 1.54) is 25.7 Å². The van der Waals surface area contributed by atoms with E-state index in [9.17, 15) is 9.59 Å². The number of rotatable bonds is 16. The molecule has 2 aromatic carbocycles. The lowest BCUT2D eigenvalue weighted by Gasteiger charge is -2.19. The molecule has 5 nitrogen and oxygen atoms in total. The van der Waals surface area contributed by atoms with Crippen molar-refractivity contribution in [2.45, 2.75) is 85.7 Å². The van der Waals surface area contributed by atoms with Gasteiger partial charge in [0.2, 0.25) is 0 Å². The molecule has 0 bridgehead atoms. The third-order valence-electron chi connectivity index (χ3n) is 6.83. The highest BCUT2D eigenvalue weighted by Gasteiger charge is 2.23. The van der Waals surface area contributed by atoms with Crippen LogP contribution in [0.2, 0.25) is 0 Å². The van der Waals surface area contributed by atoms with E-state index in [0.29, 0.717) is 39.8 Å². The number of hydrogen-bond acceptors (Lipinski definition) is 5. The highest BCUT2D eigenvalue weighted by molar-refractivity contribution is 6.17. The van der Waals surface area contributed by atoms with Crippen molar-refractivity contribution < 1.29 is 18.7 Å². The molecule has 40 heavy (non-hydrogen) atoms. The third-order valence-corrected chi connectivity index (χ3v) is 6.83. The van der Waals surface area contributed by atoms with Gasteiger partial charge in [0.25, 0.3) is 0 Å². The number of ether oxygens (including phenoxy) is 1. The molecule has 0 amide bonds. The second kappa shape index (κ2) is 17.0. The zero-order valence-electron chi connectivity index (χ0n) is 24.8. The number of furan rings is 1. The number of aryl methyl sites for hydroxylation is 1. The van der Waals surface area contributed by atoms with Gasteiger partial charge >= 0.3 is 5.97 Å². The van der Waals surface area contributed by atoms with Crippen LogP contribution in [0.3, 0.4) is 0 Å². The molecule has 0 aliphatic rings. The summed E-state index contributed by atoms with van der Waals surface area (Å²) >= 11 is 0. The molecule has 6 heteroatoms. The zero-order valence-corrected chi connectivity index (χ0v) is 25.6. The first-order valence-corrected chi connectivity index (χ1v) is 14.7. The normalized spacial score (nSPS) is 11.5. The highest BCUT2D eigenvalue weighted by Crippen LogP contribution is 2.31. The van der Waals surface area contributed by atoms with Crippen LogP contribution in [0.4, 0.5) is 0 Å². The van der Waals surface area contributed by atoms with E-state index in [1.54, 1.807) is 18.2 Å². The Morgan fingerprint density at radius 2 is 1.52 bits per heavy atom. The summed E-state index contributed by atoms with van der Waals surface area (Å²) in [6, 6.07) is 12.9. The fourth-order valence-corrected chi connectivity index (χ4v) is 4.61. The van der Waals surface area contributed by atoms with E-state index in [1.807, 2.05) is 38.1 Å². The third kappa shape index (κ3) is 9.35. The van der Waals surface area contributed by atoms with E-state index >= 15 is 0 Å². The number of carbonyl (C=O) groups excluding carboxylic acids is 2. The fraction of sp³-hybridized carbons (Fsp3) is 0.471. The van der Waals surface area contributed by atoms with Gasteiger partial charge in [-0.15, -0.1) is 12.4 Å². The Morgan fingerprint density at radius 1 is 0.900 bits per heavy atom. The zero-order chi connectivity index (χ0) is 28.2. The Hall–Kier alpha value is -2.89. The fourth-order valence-electron chi connectivity index (χ4n) is 4.61. The van der Waals surface area contributed by atoms with Crippen molar-refractivity contribution in [3.05, 3.63) is 76.6 Å². The lowest BCUT2D eigenvalue weighted by atomic mass is 9.97. The molecule has 0 saturated heterocycles. The first-order valence-electron chi connectivity index (χ1n) is 14.7. The summed E-state index contributed by atoms with van der Waals surface area (Å²) in [6.07, 6.45) is 11.6. The number of benzene rings is 2. The summed E-state index contributed by atoms with van der Waals surface area (Å²) in [4.78, 5) is 28.8. The summed E-state index contributed by atoms with van der Waals surface area (Å²) in [6.45, 7) is 13.4. The Bertz CT molecular complexity index is 1230. The minimum Gasteiger partial charge on any atom is -0.460 e. The molecule has 0 aliphatic heterocycles. The van der Waals surface area contributed by atoms with Crippen molar-refractivity contribution in [1.29, 1.82) is 0 Å². The number of unbranched alkanes of at least 4 members (excludes halogenated alkanes) is 3. The Labute approximate surface area is 246 Å². The number of halogens is 1. The summed E-state index contributed by atoms with van der Waals surface area (Å²) in [5.74, 6) is 0.185. The Kier molecular flexibility index (Phi) is 14.2. The van der Waals surface area contributed by atoms with E-state index in [4.69, 9.17) is 9.15 Å². The monoisotopic (exact) mass is 567 g/mol. The van der Waals surface area contributed by atoms with Gasteiger partial charge in [0.05, 0.1) is 17.2 Å². The summed E-state index contributed by atoms with van der Waals surface area (Å²) in [5, 5.41) is 0.660. The lowest BCUT2D eigenvalue weighted by molar-refractivity contribution is 0.0378. The molecule has 0 spiro atoms. The maximum atomic E-state index is 13.8. The predicted octanol–water partition coefficient (Wildman–Crippen LogP) is 8.91. The molecule has 3 rings (SSSR count). The van der Waals surface area contributed by atoms with Crippen LogP contribution in [0.15, 0.2) is 53.0 Å². The molecular formula is C34H46ClNO4. The van der Waals surface area contributed by atoms with Gasteiger partial charge in [0, 0.05) is 23.9 Å². The highest BCUT2D eigenvalue weighted by atomic mass is 35.5. The molecule has 0 fully saturated rings. The molecule has 1 aromatic heterocycles. The van der Waals surface area contributed by atoms with Crippen molar-refractivity contribution in [3.63, 3.8) is 0 Å². The Morgan fingerprint density at radius 3 is 2.12 bits per heavy atom. The van der Waals surface area contributed by atoms with E-state index in [0.717, 1.165) is 38.0 Å². The van der Waals surface area contributed by atoms with Gasteiger partial charge in [-0.05, 0) is 70.0 Å². The first kappa shape index (κ1) is 33.3. The van der Waals surface area contributed by atoms with Gasteiger partial charge in [-0.25, -0.2) is 4.79 Å². The van der Waals surface area contributed by atoms with Crippen molar-refractivity contribution in [2.24, 2.45) is 0 Å². The minimum atomic E-state index is -0.402. The quantitative estimate of drug-likeness (QED) is 0.128. The van der Waals surface area contributed by atoms with Gasteiger partial charge in [-0.3, -0.25) is 9.69 Å². The Balaban J connectivity index is 0.00000560. The number of nitrogens with zero attached hydrogens (tertiary/aromatic N) is 1. The van der Waals surface area contributed by atoms with E-state index < -0.39 is 5.97 Å². The minimum absolute atomic E-state index is 0. The van der Waals surface area contributed by atoms with Gasteiger partial charge in [0.15, 0.2) is 5.78 Å². The molecule has 218 valence electrons. The molecule has 3 aromatic rings. The SMILES string of the molecule is CCCCc1oc2ccc(C(=O)OC(C)C)cc2c1C(=O)c1ccc(/C=C/CN(CCCC)CCCC)cc1.Cl. The number of ketones is 1. The van der Waals surface area contributed by atoms with Crippen molar-refractivity contribution in [1.82, 2.24) is 4.90 Å². The molecule has 0 saturated carbocycles. The largest absolute Gasteiger partial charge is 0.460 e. The maximum Gasteiger partial charge on any atom is 0.338 e. The second-order valence-corrected chi connectivity index (χ2v) is 10.5. The molecule has 0 radical (unpaired) electrons. The molecule has 0 N–H and O–H groups in total. The smallest absolute Gasteiger partial charge is 0.338 e. The number of fused-ring (bicyclic) bond motifs is 1. The van der Waals surface area contributed by atoms with Crippen molar-refractivity contribution >= 4 is 41.2 Å². The standard InChI is InChI=1S/C34H45NO4.ClH/c1-6-9-14-31-32(29-24-28(19-20-30(29)39-31)34(37)38-25(4)5)33(36)27-17-15-26(16-18-27)13-12-23-35(21-10-7-2)22-11-8-3;/h12-13,15-20,24-25H,6-11,14,21-23H2,1-5H3;1H/b13-12+;. The van der Waals surface area contributed by atoms with E-state index in [-0.39, 0.29) is 24.3 Å². The van der Waals surface area contributed by atoms with Crippen molar-refractivity contribution in [3.8, 4) is 0 Å². The number of hydrogen-bond donors (Lipinski definition) is 0. The van der Waals surface area contributed by atoms with Crippen LogP contribution in [0.1, 0.15) is 111 Å². The predicted molar refractivity (Wildman–Crippen MR) is 168 cm³/mol. The van der Waals surface area contributed by atoms with Crippen molar-refractivity contribution in [2.75, 3.05) is 19.6 Å². The van der Waals surface area contributed by atoms with Crippen LogP contribution < -0.4 is 0 Å². The number of esters is 1. The molecular weight excluding hydrogens is 522 g/mol. The average Bonchev–Trinajstić information content (AvgIpc) is 3.30. The summed E-state index contributed by atoms with van der Waals surface area (Å²) in [5.41, 5.74) is 3.25. The van der Waals surface area contributed by atoms with E-state index in [2.05, 4.69) is 37.8 Å². The van der Waals surface area contributed by atoms with Gasteiger partial charge in [0.1, 0.15) is 11.3 Å². The molecule has 1 heterocycles. The first-order chi connectivity index (χ1) is 18.9. The lowest BCUT2D eigenvalue weighted by Crippen LogP contribution is -2.26. The van der Waals surface area contributed by atoms with Crippen LogP contribution in [0.25, 0.3) is 17.0 Å². The topological polar surface area (TPSA) is 59.8 Å². The van der Waals surface area contributed by atoms with Gasteiger partial charge < -0.3 is 9.15 Å². The van der Waals surface area contributed by atoms with Crippen LogP contribution in [0, 0.1) is 0 Å². The summed E-state index contributed by atoms with van der Waals surface area (Å²) in [7, 11) is 0. The second-order valence-electron chi connectivity index (χ2n) is 10.5. The molecule has 0 unspecified atom stereocenters. The van der Waals surface area contributed by atoms with Crippen LogP contribution >= 0.6 is 12.4 Å². The van der Waals surface area contributed by atoms with Gasteiger partial charge in [-0.2, -0.15) is 0 Å². The maximum absolute atomic E-state index is 13.8. The number of carbonyl (C=O) groups is 2. The molecule has 0 atom stereocenters. The molecule has 0 aliphatic carbocycles. The summed E-state index contributed by atoms with van der Waals surface area (Å²) < 4.78 is 11.5. The average molecular weight is 568 g/mol. The van der Waals surface area contributed by atoms with Crippen LogP contribution in [-0.2, 0) is 11.2 Å². The van der Waals surface area contributed by atoms with Crippen LogP contribution in [0.5, 0.6) is 0 Å².